The van der Waals surface area contributed by atoms with E-state index in [1.165, 1.54) is 19.2 Å². The van der Waals surface area contributed by atoms with Gasteiger partial charge in [0.1, 0.15) is 46.7 Å². The summed E-state index contributed by atoms with van der Waals surface area (Å²) in [5, 5.41) is 9.70. The molecule has 1 saturated heterocycles. The van der Waals surface area contributed by atoms with E-state index < -0.39 is 77.9 Å². The van der Waals surface area contributed by atoms with Gasteiger partial charge in [0.15, 0.2) is 12.4 Å². The Morgan fingerprint density at radius 2 is 1.53 bits per heavy atom. The molecule has 0 aliphatic carbocycles. The van der Waals surface area contributed by atoms with Crippen LogP contribution < -0.4 is 25.8 Å². The van der Waals surface area contributed by atoms with Crippen LogP contribution in [0.25, 0.3) is 10.4 Å². The van der Waals surface area contributed by atoms with E-state index in [0.29, 0.717) is 11.5 Å². The molecule has 2 N–H and O–H groups in total. The number of methoxy groups -OCH3 is 2. The van der Waals surface area contributed by atoms with Crippen LogP contribution in [0.3, 0.4) is 0 Å². The van der Waals surface area contributed by atoms with Crippen LogP contribution in [0.2, 0.25) is 0 Å². The third kappa shape index (κ3) is 9.35. The number of benzene rings is 3. The molecule has 58 heavy (non-hydrogen) atoms. The van der Waals surface area contributed by atoms with Gasteiger partial charge < -0.3 is 34.3 Å². The van der Waals surface area contributed by atoms with Crippen LogP contribution in [0.5, 0.6) is 11.5 Å². The Labute approximate surface area is 336 Å². The summed E-state index contributed by atoms with van der Waals surface area (Å²) in [7, 11) is 3.16. The summed E-state index contributed by atoms with van der Waals surface area (Å²) in [6.45, 7) is 9.01. The number of halogens is 1. The lowest BCUT2D eigenvalue weighted by atomic mass is 9.77. The molecule has 2 heterocycles. The van der Waals surface area contributed by atoms with Gasteiger partial charge in [-0.3, -0.25) is 4.57 Å². The summed E-state index contributed by atoms with van der Waals surface area (Å²) in [6, 6.07) is 25.1. The third-order valence-electron chi connectivity index (χ3n) is 10.1. The molecular weight excluding hydrogens is 750 g/mol. The Bertz CT molecular complexity index is 2090. The number of aromatic nitrogens is 2. The van der Waals surface area contributed by atoms with Crippen molar-refractivity contribution in [3.8, 4) is 11.5 Å². The maximum Gasteiger partial charge on any atom is 0.408 e. The number of carbonyl (C=O) groups excluding carboxylic acids is 2. The Hall–Kier alpha value is -6.12. The molecule has 5 rings (SSSR count). The van der Waals surface area contributed by atoms with Gasteiger partial charge in [0, 0.05) is 17.0 Å². The maximum absolute atomic E-state index is 16.4. The van der Waals surface area contributed by atoms with Gasteiger partial charge >= 0.3 is 17.8 Å². The minimum absolute atomic E-state index is 0.171. The normalized spacial score (nSPS) is 19.7. The first-order valence-electron chi connectivity index (χ1n) is 18.8. The van der Waals surface area contributed by atoms with Gasteiger partial charge in [0.2, 0.25) is 0 Å². The van der Waals surface area contributed by atoms with Crippen LogP contribution in [0.4, 0.5) is 15.0 Å². The van der Waals surface area contributed by atoms with Crippen molar-refractivity contribution in [3.63, 3.8) is 0 Å². The predicted octanol–water partition coefficient (Wildman–Crippen LogP) is 7.31. The molecule has 0 bridgehead atoms. The fourth-order valence-electron chi connectivity index (χ4n) is 6.87. The van der Waals surface area contributed by atoms with Crippen LogP contribution in [0.15, 0.2) is 101 Å². The molecule has 1 aliphatic rings. The number of azide groups is 1. The average molecular weight is 800 g/mol. The topological polar surface area (TPSA) is 188 Å². The molecule has 16 heteroatoms. The fourth-order valence-corrected chi connectivity index (χ4v) is 6.87. The number of nitrogens with one attached hydrogen (secondary N) is 2. The van der Waals surface area contributed by atoms with Gasteiger partial charge in [-0.1, -0.05) is 80.5 Å². The minimum Gasteiger partial charge on any atom is -0.497 e. The van der Waals surface area contributed by atoms with Crippen molar-refractivity contribution in [1.29, 1.82) is 0 Å². The van der Waals surface area contributed by atoms with Crippen molar-refractivity contribution in [2.45, 2.75) is 76.7 Å². The van der Waals surface area contributed by atoms with Crippen LogP contribution >= 0.6 is 0 Å². The number of hydrogen-bond acceptors (Lipinski definition) is 11. The SMILES string of the molecule is COc1ccc(C(Nc2ccn([C@@H]3O[C@](CN=[N+]=[N-])(COC(=O)[C@@H](NC(=O)OC(C)(C)C)C(C)C)[C@@H](C)[C@H]3F)c(=O)n2)(c2ccccc2)c2ccc(OC)cc2)cc1. The molecule has 0 unspecified atom stereocenters. The van der Waals surface area contributed by atoms with Crippen molar-refractivity contribution in [2.24, 2.45) is 17.0 Å². The smallest absolute Gasteiger partial charge is 0.408 e. The number of anilines is 1. The number of rotatable bonds is 15. The molecule has 0 radical (unpaired) electrons. The average Bonchev–Trinajstić information content (AvgIpc) is 3.45. The van der Waals surface area contributed by atoms with E-state index in [1.54, 1.807) is 48.8 Å². The molecule has 5 atom stereocenters. The summed E-state index contributed by atoms with van der Waals surface area (Å²) < 4.78 is 45.4. The molecule has 0 spiro atoms. The van der Waals surface area contributed by atoms with Crippen molar-refractivity contribution in [3.05, 3.63) is 129 Å². The van der Waals surface area contributed by atoms with E-state index in [1.807, 2.05) is 78.9 Å². The first-order chi connectivity index (χ1) is 27.6. The number of nitrogens with zero attached hydrogens (tertiary/aromatic N) is 5. The molecule has 15 nitrogen and oxygen atoms in total. The zero-order chi connectivity index (χ0) is 42.3. The number of esters is 1. The lowest BCUT2D eigenvalue weighted by molar-refractivity contribution is -0.163. The largest absolute Gasteiger partial charge is 0.497 e. The second-order valence-corrected chi connectivity index (χ2v) is 15.4. The first-order valence-corrected chi connectivity index (χ1v) is 18.8. The molecule has 1 aliphatic heterocycles. The molecule has 1 amide bonds. The Morgan fingerprint density at radius 3 is 2.03 bits per heavy atom. The summed E-state index contributed by atoms with van der Waals surface area (Å²) in [4.78, 5) is 47.0. The van der Waals surface area contributed by atoms with E-state index in [4.69, 9.17) is 23.7 Å². The van der Waals surface area contributed by atoms with Gasteiger partial charge in [0.25, 0.3) is 0 Å². The van der Waals surface area contributed by atoms with Gasteiger partial charge in [-0.15, -0.1) is 0 Å². The minimum atomic E-state index is -1.83. The highest BCUT2D eigenvalue weighted by atomic mass is 19.1. The number of alkyl carbamates (subject to hydrolysis) is 1. The number of amides is 1. The van der Waals surface area contributed by atoms with Crippen LogP contribution in [0.1, 0.15) is 64.5 Å². The lowest BCUT2D eigenvalue weighted by Gasteiger charge is -2.37. The quantitative estimate of drug-likeness (QED) is 0.0406. The van der Waals surface area contributed by atoms with E-state index >= 15 is 4.39 Å². The highest BCUT2D eigenvalue weighted by Crippen LogP contribution is 2.44. The Kier molecular flexibility index (Phi) is 13.3. The lowest BCUT2D eigenvalue weighted by Crippen LogP contribution is -2.50. The van der Waals surface area contributed by atoms with E-state index in [-0.39, 0.29) is 5.82 Å². The summed E-state index contributed by atoms with van der Waals surface area (Å²) in [6.07, 6.45) is -2.80. The molecule has 1 aromatic heterocycles. The number of hydrogen-bond donors (Lipinski definition) is 2. The van der Waals surface area contributed by atoms with Crippen molar-refractivity contribution < 1.29 is 37.7 Å². The Morgan fingerprint density at radius 1 is 0.966 bits per heavy atom. The maximum atomic E-state index is 16.4. The fraction of sp³-hybridized carbons (Fsp3) is 0.429. The van der Waals surface area contributed by atoms with Crippen LogP contribution in [0, 0.1) is 11.8 Å². The van der Waals surface area contributed by atoms with Crippen LogP contribution in [-0.2, 0) is 24.5 Å². The number of carbonyl (C=O) groups is 2. The second-order valence-electron chi connectivity index (χ2n) is 15.4. The molecule has 3 aromatic carbocycles. The van der Waals surface area contributed by atoms with Gasteiger partial charge in [-0.05, 0) is 79.2 Å². The summed E-state index contributed by atoms with van der Waals surface area (Å²) in [5.41, 5.74) is 7.21. The van der Waals surface area contributed by atoms with E-state index in [9.17, 15) is 19.9 Å². The summed E-state index contributed by atoms with van der Waals surface area (Å²) in [5.74, 6) is -0.811. The Balaban J connectivity index is 1.48. The van der Waals surface area contributed by atoms with Crippen molar-refractivity contribution in [2.75, 3.05) is 32.7 Å². The molecule has 0 saturated carbocycles. The first kappa shape index (κ1) is 43.0. The molecule has 308 valence electrons. The van der Waals surface area contributed by atoms with Crippen LogP contribution in [-0.4, -0.2) is 72.4 Å². The van der Waals surface area contributed by atoms with E-state index in [0.717, 1.165) is 21.3 Å². The van der Waals surface area contributed by atoms with Gasteiger partial charge in [-0.2, -0.15) is 4.98 Å². The molecule has 4 aromatic rings. The van der Waals surface area contributed by atoms with E-state index in [2.05, 4.69) is 25.6 Å². The molecular formula is C42H50FN7O8. The summed E-state index contributed by atoms with van der Waals surface area (Å²) >= 11 is 0. The van der Waals surface area contributed by atoms with Crippen molar-refractivity contribution >= 4 is 17.9 Å². The number of alkyl halides is 1. The van der Waals surface area contributed by atoms with Gasteiger partial charge in [-0.25, -0.2) is 18.8 Å². The van der Waals surface area contributed by atoms with Crippen molar-refractivity contribution in [1.82, 2.24) is 14.9 Å². The monoisotopic (exact) mass is 799 g/mol. The predicted molar refractivity (Wildman–Crippen MR) is 214 cm³/mol. The highest BCUT2D eigenvalue weighted by molar-refractivity contribution is 5.81. The highest BCUT2D eigenvalue weighted by Gasteiger charge is 2.55. The standard InChI is InChI=1S/C42H50FN7O8/c1-26(2)35(47-39(53)58-40(4,5)6)37(51)56-25-41(24-45-49-44)27(3)34(43)36(57-41)50-23-22-33(46-38(50)52)48-42(28-12-10-9-11-13-28,29-14-18-31(54-7)19-15-29)30-16-20-32(55-8)21-17-30/h9-23,26-27,34-36H,24-25H2,1-8H3,(H,47,53)(H,46,48,52)/t27-,34+,35-,36+,41+/m0/s1. The zero-order valence-electron chi connectivity index (χ0n) is 33.8. The third-order valence-corrected chi connectivity index (χ3v) is 10.1. The zero-order valence-corrected chi connectivity index (χ0v) is 33.8. The second kappa shape index (κ2) is 18.0. The van der Waals surface area contributed by atoms with Gasteiger partial charge in [0.05, 0.1) is 20.8 Å². The molecule has 1 fully saturated rings. The number of ether oxygens (including phenoxy) is 5.